The Bertz CT molecular complexity index is 590. The molecule has 0 aliphatic rings. The van der Waals surface area contributed by atoms with Gasteiger partial charge in [-0.2, -0.15) is 0 Å². The lowest BCUT2D eigenvalue weighted by molar-refractivity contribution is 0.409. The summed E-state index contributed by atoms with van der Waals surface area (Å²) in [5.74, 6) is 0.763. The third-order valence-electron chi connectivity index (χ3n) is 2.82. The Labute approximate surface area is 106 Å². The maximum atomic E-state index is 11.6. The molecule has 0 bridgehead atoms. The molecule has 1 aromatic heterocycles. The normalized spacial score (nSPS) is 10.3. The van der Waals surface area contributed by atoms with Gasteiger partial charge < -0.3 is 15.0 Å². The molecule has 0 atom stereocenters. The molecule has 0 saturated heterocycles. The van der Waals surface area contributed by atoms with Crippen LogP contribution in [0.3, 0.4) is 0 Å². The second-order valence-electron chi connectivity index (χ2n) is 4.02. The molecule has 0 radical (unpaired) electrons. The minimum atomic E-state index is -0.0145. The van der Waals surface area contributed by atoms with Crippen LogP contribution in [0.1, 0.15) is 11.1 Å². The summed E-state index contributed by atoms with van der Waals surface area (Å²) < 4.78 is 6.93. The van der Waals surface area contributed by atoms with Gasteiger partial charge in [-0.15, -0.1) is 0 Å². The quantitative estimate of drug-likeness (QED) is 0.883. The van der Waals surface area contributed by atoms with Gasteiger partial charge in [-0.1, -0.05) is 18.2 Å². The monoisotopic (exact) mass is 244 g/mol. The van der Waals surface area contributed by atoms with Crippen molar-refractivity contribution in [1.29, 1.82) is 0 Å². The number of aromatic nitrogens is 1. The minimum absolute atomic E-state index is 0.0145. The van der Waals surface area contributed by atoms with Crippen molar-refractivity contribution < 1.29 is 4.74 Å². The molecule has 0 aliphatic heterocycles. The van der Waals surface area contributed by atoms with Gasteiger partial charge in [0.05, 0.1) is 13.7 Å². The van der Waals surface area contributed by atoms with Crippen LogP contribution >= 0.6 is 0 Å². The molecule has 1 aromatic carbocycles. The van der Waals surface area contributed by atoms with Crippen molar-refractivity contribution in [3.8, 4) is 5.75 Å². The predicted molar refractivity (Wildman–Crippen MR) is 70.7 cm³/mol. The molecule has 4 heteroatoms. The van der Waals surface area contributed by atoms with Crippen LogP contribution in [0.2, 0.25) is 0 Å². The zero-order valence-corrected chi connectivity index (χ0v) is 10.3. The highest BCUT2D eigenvalue weighted by molar-refractivity contribution is 5.37. The van der Waals surface area contributed by atoms with Crippen molar-refractivity contribution in [1.82, 2.24) is 4.57 Å². The molecule has 0 amide bonds. The molecule has 2 rings (SSSR count). The van der Waals surface area contributed by atoms with E-state index in [0.717, 1.165) is 16.9 Å². The molecule has 0 fully saturated rings. The van der Waals surface area contributed by atoms with E-state index in [0.29, 0.717) is 13.1 Å². The molecule has 0 spiro atoms. The Morgan fingerprint density at radius 2 is 2.11 bits per heavy atom. The zero-order chi connectivity index (χ0) is 13.0. The summed E-state index contributed by atoms with van der Waals surface area (Å²) in [7, 11) is 1.62. The second kappa shape index (κ2) is 5.51. The van der Waals surface area contributed by atoms with Crippen LogP contribution in [0.15, 0.2) is 47.4 Å². The summed E-state index contributed by atoms with van der Waals surface area (Å²) in [6.45, 7) is 0.968. The van der Waals surface area contributed by atoms with Crippen molar-refractivity contribution in [2.75, 3.05) is 7.11 Å². The SMILES string of the molecule is COc1cc(Cn2ccccc2=O)ccc1CN. The molecule has 0 aliphatic carbocycles. The largest absolute Gasteiger partial charge is 0.496 e. The van der Waals surface area contributed by atoms with Gasteiger partial charge in [-0.05, 0) is 17.7 Å². The molecular weight excluding hydrogens is 228 g/mol. The van der Waals surface area contributed by atoms with E-state index in [1.54, 1.807) is 30.0 Å². The van der Waals surface area contributed by atoms with E-state index in [1.165, 1.54) is 0 Å². The van der Waals surface area contributed by atoms with Crippen LogP contribution in [0.4, 0.5) is 0 Å². The summed E-state index contributed by atoms with van der Waals surface area (Å²) in [6.07, 6.45) is 1.77. The zero-order valence-electron chi connectivity index (χ0n) is 10.3. The smallest absolute Gasteiger partial charge is 0.250 e. The lowest BCUT2D eigenvalue weighted by Crippen LogP contribution is -2.18. The molecule has 1 heterocycles. The van der Waals surface area contributed by atoms with Gasteiger partial charge in [-0.25, -0.2) is 0 Å². The standard InChI is InChI=1S/C14H16N2O2/c1-18-13-8-11(5-6-12(13)9-15)10-16-7-3-2-4-14(16)17/h2-8H,9-10,15H2,1H3. The van der Waals surface area contributed by atoms with Crippen molar-refractivity contribution >= 4 is 0 Å². The topological polar surface area (TPSA) is 57.2 Å². The molecular formula is C14H16N2O2. The molecule has 18 heavy (non-hydrogen) atoms. The average Bonchev–Trinajstić information content (AvgIpc) is 2.41. The number of benzene rings is 1. The van der Waals surface area contributed by atoms with Gasteiger partial charge in [0.15, 0.2) is 0 Å². The lowest BCUT2D eigenvalue weighted by Gasteiger charge is -2.10. The highest BCUT2D eigenvalue weighted by atomic mass is 16.5. The fraction of sp³-hybridized carbons (Fsp3) is 0.214. The van der Waals surface area contributed by atoms with Crippen LogP contribution in [0.25, 0.3) is 0 Å². The summed E-state index contributed by atoms with van der Waals surface area (Å²) in [6, 6.07) is 10.9. The van der Waals surface area contributed by atoms with Gasteiger partial charge in [-0.3, -0.25) is 4.79 Å². The summed E-state index contributed by atoms with van der Waals surface area (Å²) in [5.41, 5.74) is 7.57. The summed E-state index contributed by atoms with van der Waals surface area (Å²) in [4.78, 5) is 11.6. The highest BCUT2D eigenvalue weighted by Crippen LogP contribution is 2.19. The number of methoxy groups -OCH3 is 1. The fourth-order valence-corrected chi connectivity index (χ4v) is 1.84. The van der Waals surface area contributed by atoms with Gasteiger partial charge in [0.25, 0.3) is 5.56 Å². The second-order valence-corrected chi connectivity index (χ2v) is 4.02. The Kier molecular flexibility index (Phi) is 3.79. The maximum absolute atomic E-state index is 11.6. The van der Waals surface area contributed by atoms with E-state index < -0.39 is 0 Å². The van der Waals surface area contributed by atoms with Crippen LogP contribution in [0, 0.1) is 0 Å². The number of hydrogen-bond donors (Lipinski definition) is 1. The van der Waals surface area contributed by atoms with E-state index in [-0.39, 0.29) is 5.56 Å². The fourth-order valence-electron chi connectivity index (χ4n) is 1.84. The first-order valence-electron chi connectivity index (χ1n) is 5.76. The van der Waals surface area contributed by atoms with Crippen LogP contribution in [0.5, 0.6) is 5.75 Å². The van der Waals surface area contributed by atoms with Gasteiger partial charge in [0, 0.05) is 24.4 Å². The Morgan fingerprint density at radius 1 is 1.28 bits per heavy atom. The molecule has 94 valence electrons. The van der Waals surface area contributed by atoms with Gasteiger partial charge >= 0.3 is 0 Å². The van der Waals surface area contributed by atoms with Crippen molar-refractivity contribution in [2.24, 2.45) is 5.73 Å². The molecule has 0 saturated carbocycles. The van der Waals surface area contributed by atoms with Crippen LogP contribution < -0.4 is 16.0 Å². The maximum Gasteiger partial charge on any atom is 0.250 e. The van der Waals surface area contributed by atoms with E-state index in [2.05, 4.69) is 0 Å². The number of nitrogens with zero attached hydrogens (tertiary/aromatic N) is 1. The van der Waals surface area contributed by atoms with Crippen LogP contribution in [-0.4, -0.2) is 11.7 Å². The summed E-state index contributed by atoms with van der Waals surface area (Å²) >= 11 is 0. The van der Waals surface area contributed by atoms with Gasteiger partial charge in [0.2, 0.25) is 0 Å². The summed E-state index contributed by atoms with van der Waals surface area (Å²) in [5, 5.41) is 0. The third-order valence-corrected chi connectivity index (χ3v) is 2.82. The van der Waals surface area contributed by atoms with E-state index in [1.807, 2.05) is 24.3 Å². The van der Waals surface area contributed by atoms with Crippen molar-refractivity contribution in [3.63, 3.8) is 0 Å². The lowest BCUT2D eigenvalue weighted by atomic mass is 10.1. The third kappa shape index (κ3) is 2.60. The van der Waals surface area contributed by atoms with Crippen LogP contribution in [-0.2, 0) is 13.1 Å². The first-order chi connectivity index (χ1) is 8.74. The average molecular weight is 244 g/mol. The van der Waals surface area contributed by atoms with E-state index in [9.17, 15) is 4.79 Å². The Balaban J connectivity index is 2.30. The molecule has 4 nitrogen and oxygen atoms in total. The number of rotatable bonds is 4. The van der Waals surface area contributed by atoms with Crippen molar-refractivity contribution in [2.45, 2.75) is 13.1 Å². The number of pyridine rings is 1. The highest BCUT2D eigenvalue weighted by Gasteiger charge is 2.04. The number of nitrogens with two attached hydrogens (primary N) is 1. The number of ether oxygens (including phenoxy) is 1. The Hall–Kier alpha value is -2.07. The first-order valence-corrected chi connectivity index (χ1v) is 5.76. The van der Waals surface area contributed by atoms with E-state index in [4.69, 9.17) is 10.5 Å². The predicted octanol–water partition coefficient (Wildman–Crippen LogP) is 1.36. The van der Waals surface area contributed by atoms with Crippen molar-refractivity contribution in [3.05, 3.63) is 64.1 Å². The Morgan fingerprint density at radius 3 is 2.78 bits per heavy atom. The number of hydrogen-bond acceptors (Lipinski definition) is 3. The van der Waals surface area contributed by atoms with E-state index >= 15 is 0 Å². The minimum Gasteiger partial charge on any atom is -0.496 e. The first kappa shape index (κ1) is 12.4. The molecule has 0 unspecified atom stereocenters. The van der Waals surface area contributed by atoms with Gasteiger partial charge in [0.1, 0.15) is 5.75 Å². The molecule has 2 N–H and O–H groups in total. The molecule has 2 aromatic rings.